The topological polar surface area (TPSA) is 113 Å². The molecule has 3 aromatic carbocycles. The van der Waals surface area contributed by atoms with Crippen molar-refractivity contribution in [2.75, 3.05) is 20.3 Å². The van der Waals surface area contributed by atoms with Crippen LogP contribution in [0, 0.1) is 11.3 Å². The summed E-state index contributed by atoms with van der Waals surface area (Å²) >= 11 is 0. The van der Waals surface area contributed by atoms with Crippen LogP contribution in [0.4, 0.5) is 0 Å². The molecule has 1 aliphatic heterocycles. The highest BCUT2D eigenvalue weighted by molar-refractivity contribution is 5.74. The third-order valence-electron chi connectivity index (χ3n) is 6.20. The van der Waals surface area contributed by atoms with E-state index in [0.29, 0.717) is 41.1 Å². The molecule has 1 atom stereocenters. The molecule has 0 fully saturated rings. The highest BCUT2D eigenvalue weighted by Crippen LogP contribution is 2.45. The largest absolute Gasteiger partial charge is 0.493 e. The van der Waals surface area contributed by atoms with E-state index in [-0.39, 0.29) is 23.8 Å². The van der Waals surface area contributed by atoms with Gasteiger partial charge in [-0.1, -0.05) is 50.8 Å². The number of nitriles is 1. The number of esters is 1. The maximum atomic E-state index is 12.5. The molecule has 0 amide bonds. The number of carbonyl (C=O) groups excluding carboxylic acids is 1. The van der Waals surface area contributed by atoms with Crippen molar-refractivity contribution in [2.45, 2.75) is 25.7 Å². The van der Waals surface area contributed by atoms with Crippen molar-refractivity contribution in [3.8, 4) is 34.8 Å². The van der Waals surface area contributed by atoms with E-state index in [9.17, 15) is 10.1 Å². The Morgan fingerprint density at radius 2 is 1.82 bits per heavy atom. The smallest absolute Gasteiger partial charge is 0.349 e. The maximum absolute atomic E-state index is 12.5. The van der Waals surface area contributed by atoms with Crippen molar-refractivity contribution >= 4 is 5.97 Å². The van der Waals surface area contributed by atoms with Crippen LogP contribution >= 0.6 is 0 Å². The van der Waals surface area contributed by atoms with Crippen LogP contribution in [0.2, 0.25) is 0 Å². The Kier molecular flexibility index (Phi) is 8.42. The van der Waals surface area contributed by atoms with Gasteiger partial charge < -0.3 is 29.4 Å². The fourth-order valence-electron chi connectivity index (χ4n) is 4.23. The van der Waals surface area contributed by atoms with E-state index in [0.717, 1.165) is 5.56 Å². The average Bonchev–Trinajstić information content (AvgIpc) is 2.94. The molecule has 39 heavy (non-hydrogen) atoms. The van der Waals surface area contributed by atoms with Crippen LogP contribution in [0.3, 0.4) is 0 Å². The van der Waals surface area contributed by atoms with E-state index in [2.05, 4.69) is 26.5 Å². The van der Waals surface area contributed by atoms with Crippen LogP contribution in [0.15, 0.2) is 84.8 Å². The Hall–Kier alpha value is -4.90. The zero-order valence-corrected chi connectivity index (χ0v) is 22.1. The van der Waals surface area contributed by atoms with Crippen molar-refractivity contribution in [3.63, 3.8) is 0 Å². The van der Waals surface area contributed by atoms with Crippen LogP contribution in [-0.2, 0) is 4.79 Å². The molecule has 4 rings (SSSR count). The maximum Gasteiger partial charge on any atom is 0.349 e. The first-order valence-corrected chi connectivity index (χ1v) is 12.4. The van der Waals surface area contributed by atoms with Gasteiger partial charge in [-0.25, -0.2) is 4.79 Å². The van der Waals surface area contributed by atoms with Crippen molar-refractivity contribution < 1.29 is 28.5 Å². The Balaban J connectivity index is 1.53. The third-order valence-corrected chi connectivity index (χ3v) is 6.20. The van der Waals surface area contributed by atoms with Gasteiger partial charge in [0.1, 0.15) is 35.5 Å². The number of fused-ring (bicyclic) bond motifs is 1. The molecule has 2 N–H and O–H groups in total. The zero-order valence-electron chi connectivity index (χ0n) is 22.1. The van der Waals surface area contributed by atoms with E-state index in [1.165, 1.54) is 12.7 Å². The van der Waals surface area contributed by atoms with Crippen LogP contribution in [0.25, 0.3) is 0 Å². The van der Waals surface area contributed by atoms with Crippen LogP contribution in [0.1, 0.15) is 42.4 Å². The predicted molar refractivity (Wildman–Crippen MR) is 146 cm³/mol. The van der Waals surface area contributed by atoms with Gasteiger partial charge in [-0.2, -0.15) is 5.26 Å². The third kappa shape index (κ3) is 6.16. The van der Waals surface area contributed by atoms with Gasteiger partial charge in [0.2, 0.25) is 5.88 Å². The van der Waals surface area contributed by atoms with Crippen molar-refractivity contribution in [2.24, 2.45) is 5.73 Å². The number of nitrogens with two attached hydrogens (primary N) is 1. The first-order chi connectivity index (χ1) is 18.8. The minimum atomic E-state index is -0.573. The van der Waals surface area contributed by atoms with Gasteiger partial charge in [-0.15, -0.1) is 0 Å². The lowest BCUT2D eigenvalue weighted by Gasteiger charge is -2.27. The number of rotatable bonds is 10. The lowest BCUT2D eigenvalue weighted by molar-refractivity contribution is -0.136. The molecule has 8 nitrogen and oxygen atoms in total. The molecule has 1 unspecified atom stereocenters. The number of methoxy groups -OCH3 is 1. The minimum absolute atomic E-state index is 0.0300. The Bertz CT molecular complexity index is 1440. The van der Waals surface area contributed by atoms with Crippen molar-refractivity contribution in [1.82, 2.24) is 0 Å². The molecule has 0 saturated carbocycles. The highest BCUT2D eigenvalue weighted by Gasteiger charge is 2.31. The molecule has 0 radical (unpaired) electrons. The molecule has 0 aliphatic carbocycles. The lowest BCUT2D eigenvalue weighted by Crippen LogP contribution is -2.22. The van der Waals surface area contributed by atoms with Crippen LogP contribution in [-0.4, -0.2) is 26.3 Å². The summed E-state index contributed by atoms with van der Waals surface area (Å²) in [5.74, 6) is 1.53. The Morgan fingerprint density at radius 3 is 2.49 bits per heavy atom. The molecule has 3 aromatic rings. The minimum Gasteiger partial charge on any atom is -0.493 e. The summed E-state index contributed by atoms with van der Waals surface area (Å²) in [5.41, 5.74) is 9.00. The fourth-order valence-corrected chi connectivity index (χ4v) is 4.23. The molecular formula is C31H30N2O6. The number of benzene rings is 3. The van der Waals surface area contributed by atoms with Gasteiger partial charge in [0.15, 0.2) is 18.1 Å². The lowest BCUT2D eigenvalue weighted by atomic mass is 9.83. The quantitative estimate of drug-likeness (QED) is 0.207. The molecule has 1 heterocycles. The molecule has 1 aliphatic rings. The van der Waals surface area contributed by atoms with E-state index >= 15 is 0 Å². The fraction of sp³-hybridized carbons (Fsp3) is 0.226. The van der Waals surface area contributed by atoms with E-state index in [4.69, 9.17) is 29.4 Å². The summed E-state index contributed by atoms with van der Waals surface area (Å²) in [6.45, 7) is 7.93. The summed E-state index contributed by atoms with van der Waals surface area (Å²) in [6, 6.07) is 20.1. The van der Waals surface area contributed by atoms with Gasteiger partial charge in [-0.05, 0) is 47.4 Å². The van der Waals surface area contributed by atoms with E-state index in [1.807, 2.05) is 30.3 Å². The normalized spacial score (nSPS) is 14.1. The summed E-state index contributed by atoms with van der Waals surface area (Å²) in [4.78, 5) is 12.5. The summed E-state index contributed by atoms with van der Waals surface area (Å²) in [5, 5.41) is 9.87. The molecule has 0 bridgehead atoms. The van der Waals surface area contributed by atoms with Gasteiger partial charge in [-0.3, -0.25) is 0 Å². The van der Waals surface area contributed by atoms with Crippen molar-refractivity contribution in [1.29, 1.82) is 5.26 Å². The standard InChI is InChI=1S/C31H30N2O6/c1-5-14-36-26-13-8-21(15-28(26)35-4)30-24-12-11-23(16-27(24)39-31(33)25(30)17-32)38-29(34)18-37-22-9-6-20(7-10-22)19(2)3/h5-13,15-16,19,30H,1,14,18,33H2,2-4H3. The summed E-state index contributed by atoms with van der Waals surface area (Å²) in [7, 11) is 1.54. The van der Waals surface area contributed by atoms with E-state index < -0.39 is 11.9 Å². The van der Waals surface area contributed by atoms with Gasteiger partial charge >= 0.3 is 5.97 Å². The van der Waals surface area contributed by atoms with Crippen molar-refractivity contribution in [3.05, 3.63) is 101 Å². The van der Waals surface area contributed by atoms with Crippen LogP contribution in [0.5, 0.6) is 28.7 Å². The molecule has 0 aromatic heterocycles. The molecule has 0 saturated heterocycles. The number of hydrogen-bond donors (Lipinski definition) is 1. The van der Waals surface area contributed by atoms with Crippen LogP contribution < -0.4 is 29.4 Å². The second kappa shape index (κ2) is 12.1. The Labute approximate surface area is 227 Å². The number of hydrogen-bond acceptors (Lipinski definition) is 8. The predicted octanol–water partition coefficient (Wildman–Crippen LogP) is 5.59. The number of nitrogens with zero attached hydrogens (tertiary/aromatic N) is 1. The second-order valence-electron chi connectivity index (χ2n) is 9.12. The first-order valence-electron chi connectivity index (χ1n) is 12.4. The molecule has 200 valence electrons. The monoisotopic (exact) mass is 526 g/mol. The van der Waals surface area contributed by atoms with Gasteiger partial charge in [0, 0.05) is 11.6 Å². The molecule has 8 heteroatoms. The summed E-state index contributed by atoms with van der Waals surface area (Å²) in [6.07, 6.45) is 1.64. The average molecular weight is 527 g/mol. The Morgan fingerprint density at radius 1 is 1.08 bits per heavy atom. The molecular weight excluding hydrogens is 496 g/mol. The first kappa shape index (κ1) is 27.1. The molecule has 0 spiro atoms. The second-order valence-corrected chi connectivity index (χ2v) is 9.12. The SMILES string of the molecule is C=CCOc1ccc(C2C(C#N)=C(N)Oc3cc(OC(=O)COc4ccc(C(C)C)cc4)ccc32)cc1OC. The van der Waals surface area contributed by atoms with E-state index in [1.54, 1.807) is 36.4 Å². The summed E-state index contributed by atoms with van der Waals surface area (Å²) < 4.78 is 27.9. The zero-order chi connectivity index (χ0) is 27.9. The number of ether oxygens (including phenoxy) is 5. The van der Waals surface area contributed by atoms with Gasteiger partial charge in [0.05, 0.1) is 13.0 Å². The van der Waals surface area contributed by atoms with Gasteiger partial charge in [0.25, 0.3) is 0 Å². The number of carbonyl (C=O) groups is 1. The number of allylic oxidation sites excluding steroid dienone is 1. The highest BCUT2D eigenvalue weighted by atomic mass is 16.6.